The number of ether oxygens (including phenoxy) is 1. The number of allylic oxidation sites excluding steroid dienone is 1. The molecule has 2 aliphatic heterocycles. The van der Waals surface area contributed by atoms with Crippen molar-refractivity contribution in [2.75, 3.05) is 0 Å². The van der Waals surface area contributed by atoms with Crippen molar-refractivity contribution < 1.29 is 27.1 Å². The first-order valence-corrected chi connectivity index (χ1v) is 11.5. The van der Waals surface area contributed by atoms with Gasteiger partial charge in [-0.2, -0.15) is 18.4 Å². The Labute approximate surface area is 200 Å². The first-order valence-electron chi connectivity index (χ1n) is 11.5. The fraction of sp³-hybridized carbons (Fsp3) is 0.480. The van der Waals surface area contributed by atoms with E-state index in [1.807, 2.05) is 39.0 Å². The van der Waals surface area contributed by atoms with E-state index in [1.54, 1.807) is 0 Å². The molecule has 0 radical (unpaired) electrons. The highest BCUT2D eigenvalue weighted by Crippen LogP contribution is 2.49. The third-order valence-electron chi connectivity index (χ3n) is 6.87. The lowest BCUT2D eigenvalue weighted by Crippen LogP contribution is -2.37. The lowest BCUT2D eigenvalue weighted by molar-refractivity contribution is -0.122. The van der Waals surface area contributed by atoms with Crippen LogP contribution in [0.15, 0.2) is 34.6 Å². The summed E-state index contributed by atoms with van der Waals surface area (Å²) < 4.78 is 51.6. The lowest BCUT2D eigenvalue weighted by atomic mass is 9.79. The van der Waals surface area contributed by atoms with E-state index in [0.29, 0.717) is 25.5 Å². The van der Waals surface area contributed by atoms with Gasteiger partial charge in [-0.25, -0.2) is 4.98 Å². The van der Waals surface area contributed by atoms with Crippen molar-refractivity contribution in [3.63, 3.8) is 0 Å². The number of nitrogens with zero attached hydrogens (tertiary/aromatic N) is 2. The molecule has 0 saturated heterocycles. The standard InChI is InChI=1S/C25H25F3N4O3/c1-23(2,3)19-22-32-18(21-30-16(11-34-21)25(26,27)28)20(35-22)24(12-29)9-8-14-6-4-13(10-15(14)24)5-7-17(33)31-19/h4,6,10-11,19,21,30H,5,7-9H2,1-3H3,(H,31,33)/t19-,21?,24-/m1/s1. The normalized spacial score (nSPS) is 26.0. The first kappa shape index (κ1) is 23.3. The van der Waals surface area contributed by atoms with Gasteiger partial charge in [0, 0.05) is 6.42 Å². The summed E-state index contributed by atoms with van der Waals surface area (Å²) >= 11 is 0. The maximum absolute atomic E-state index is 13.3. The molecule has 1 unspecified atom stereocenters. The van der Waals surface area contributed by atoms with Crippen LogP contribution in [0.5, 0.6) is 0 Å². The van der Waals surface area contributed by atoms with Crippen molar-refractivity contribution >= 4 is 5.91 Å². The Hall–Kier alpha value is -3.48. The Kier molecular flexibility index (Phi) is 5.16. The van der Waals surface area contributed by atoms with E-state index in [1.165, 1.54) is 0 Å². The summed E-state index contributed by atoms with van der Waals surface area (Å²) in [6, 6.07) is 7.51. The van der Waals surface area contributed by atoms with Crippen LogP contribution >= 0.6 is 0 Å². The summed E-state index contributed by atoms with van der Waals surface area (Å²) in [5.41, 5.74) is -0.170. The molecule has 1 aromatic carbocycles. The zero-order chi connectivity index (χ0) is 25.2. The van der Waals surface area contributed by atoms with E-state index in [-0.39, 0.29) is 29.7 Å². The van der Waals surface area contributed by atoms with Crippen LogP contribution in [0.3, 0.4) is 0 Å². The van der Waals surface area contributed by atoms with Gasteiger partial charge >= 0.3 is 6.18 Å². The van der Waals surface area contributed by atoms with E-state index < -0.39 is 35.0 Å². The van der Waals surface area contributed by atoms with Crippen LogP contribution in [0, 0.1) is 16.7 Å². The number of nitrogens with one attached hydrogen (secondary N) is 2. The molecular weight excluding hydrogens is 461 g/mol. The largest absolute Gasteiger partial charge is 0.470 e. The second-order valence-corrected chi connectivity index (χ2v) is 10.3. The van der Waals surface area contributed by atoms with Gasteiger partial charge in [-0.15, -0.1) is 0 Å². The fourth-order valence-electron chi connectivity index (χ4n) is 4.98. The number of aromatic nitrogens is 1. The monoisotopic (exact) mass is 486 g/mol. The molecule has 3 atom stereocenters. The Morgan fingerprint density at radius 2 is 1.94 bits per heavy atom. The average molecular weight is 486 g/mol. The quantitative estimate of drug-likeness (QED) is 0.611. The molecule has 0 saturated carbocycles. The number of rotatable bonds is 1. The summed E-state index contributed by atoms with van der Waals surface area (Å²) in [5, 5.41) is 15.8. The summed E-state index contributed by atoms with van der Waals surface area (Å²) in [6.07, 6.45) is -3.60. The minimum atomic E-state index is -4.63. The van der Waals surface area contributed by atoms with Gasteiger partial charge in [0.25, 0.3) is 0 Å². The van der Waals surface area contributed by atoms with Crippen molar-refractivity contribution in [3.05, 3.63) is 64.2 Å². The zero-order valence-corrected chi connectivity index (χ0v) is 19.5. The molecule has 35 heavy (non-hydrogen) atoms. The van der Waals surface area contributed by atoms with Crippen LogP contribution in [-0.2, 0) is 27.8 Å². The van der Waals surface area contributed by atoms with Gasteiger partial charge in [0.1, 0.15) is 23.4 Å². The van der Waals surface area contributed by atoms with Crippen LogP contribution < -0.4 is 10.6 Å². The molecule has 3 aliphatic rings. The minimum Gasteiger partial charge on any atom is -0.470 e. The number of halogens is 3. The van der Waals surface area contributed by atoms with Gasteiger partial charge in [0.15, 0.2) is 11.5 Å². The van der Waals surface area contributed by atoms with Crippen molar-refractivity contribution in [3.8, 4) is 6.07 Å². The lowest BCUT2D eigenvalue weighted by Gasteiger charge is -2.29. The predicted molar refractivity (Wildman–Crippen MR) is 117 cm³/mol. The number of fused-ring (bicyclic) bond motifs is 4. The van der Waals surface area contributed by atoms with Gasteiger partial charge in [-0.1, -0.05) is 39.0 Å². The van der Waals surface area contributed by atoms with Crippen molar-refractivity contribution in [2.24, 2.45) is 5.41 Å². The molecule has 7 nitrogen and oxygen atoms in total. The zero-order valence-electron chi connectivity index (χ0n) is 19.5. The number of amides is 1. The highest BCUT2D eigenvalue weighted by molar-refractivity contribution is 5.76. The van der Waals surface area contributed by atoms with Crippen LogP contribution in [0.25, 0.3) is 0 Å². The molecular formula is C25H25F3N4O3. The molecule has 2 aromatic rings. The number of aryl methyl sites for hydroxylation is 2. The Balaban J connectivity index is 1.72. The molecule has 3 heterocycles. The number of hydrogen-bond donors (Lipinski definition) is 2. The van der Waals surface area contributed by atoms with Gasteiger partial charge in [-0.3, -0.25) is 4.79 Å². The van der Waals surface area contributed by atoms with Gasteiger partial charge < -0.3 is 19.8 Å². The van der Waals surface area contributed by atoms with E-state index in [9.17, 15) is 23.2 Å². The third-order valence-corrected chi connectivity index (χ3v) is 6.87. The van der Waals surface area contributed by atoms with E-state index in [4.69, 9.17) is 9.15 Å². The molecule has 1 aliphatic carbocycles. The predicted octanol–water partition coefficient (Wildman–Crippen LogP) is 4.60. The molecule has 4 bridgehead atoms. The van der Waals surface area contributed by atoms with E-state index in [0.717, 1.165) is 16.7 Å². The first-order chi connectivity index (χ1) is 16.4. The molecule has 0 fully saturated rings. The van der Waals surface area contributed by atoms with Gasteiger partial charge in [0.05, 0.1) is 6.07 Å². The highest BCUT2D eigenvalue weighted by atomic mass is 19.4. The minimum absolute atomic E-state index is 0.0676. The van der Waals surface area contributed by atoms with E-state index in [2.05, 4.69) is 21.7 Å². The summed E-state index contributed by atoms with van der Waals surface area (Å²) in [4.78, 5) is 17.4. The SMILES string of the molecule is CC(C)(C)[C@@H]1NC(=O)CCc2ccc3c(c2)[C@](C#N)(CC3)c2oc1nc2C1NC(C(F)(F)F)=CO1. The van der Waals surface area contributed by atoms with Gasteiger partial charge in [0.2, 0.25) is 18.0 Å². The number of oxazole rings is 1. The Morgan fingerprint density at radius 1 is 1.17 bits per heavy atom. The smallest absolute Gasteiger partial charge is 0.434 e. The highest BCUT2D eigenvalue weighted by Gasteiger charge is 2.50. The fourth-order valence-corrected chi connectivity index (χ4v) is 4.98. The van der Waals surface area contributed by atoms with Crippen LogP contribution in [0.1, 0.15) is 79.9 Å². The molecule has 1 aromatic heterocycles. The molecule has 184 valence electrons. The maximum atomic E-state index is 13.3. The Bertz CT molecular complexity index is 1270. The van der Waals surface area contributed by atoms with Crippen LogP contribution in [-0.4, -0.2) is 17.1 Å². The van der Waals surface area contributed by atoms with Crippen LogP contribution in [0.2, 0.25) is 0 Å². The number of carbonyl (C=O) groups excluding carboxylic acids is 1. The summed E-state index contributed by atoms with van der Waals surface area (Å²) in [5.74, 6) is 0.0703. The van der Waals surface area contributed by atoms with Gasteiger partial charge in [-0.05, 0) is 41.4 Å². The third kappa shape index (κ3) is 3.83. The van der Waals surface area contributed by atoms with Crippen molar-refractivity contribution in [2.45, 2.75) is 70.3 Å². The average Bonchev–Trinajstić information content (AvgIpc) is 3.50. The number of hydrogen-bond acceptors (Lipinski definition) is 6. The summed E-state index contributed by atoms with van der Waals surface area (Å²) in [7, 11) is 0. The molecule has 5 rings (SSSR count). The Morgan fingerprint density at radius 3 is 2.60 bits per heavy atom. The molecule has 1 amide bonds. The number of carbonyl (C=O) groups is 1. The number of nitriles is 1. The second kappa shape index (κ2) is 7.77. The molecule has 0 spiro atoms. The molecule has 10 heteroatoms. The van der Waals surface area contributed by atoms with E-state index >= 15 is 0 Å². The summed E-state index contributed by atoms with van der Waals surface area (Å²) in [6.45, 7) is 5.70. The molecule has 2 N–H and O–H groups in total. The second-order valence-electron chi connectivity index (χ2n) is 10.3. The van der Waals surface area contributed by atoms with Crippen molar-refractivity contribution in [1.82, 2.24) is 15.6 Å². The maximum Gasteiger partial charge on any atom is 0.434 e. The topological polar surface area (TPSA) is 100 Å². The van der Waals surface area contributed by atoms with Crippen LogP contribution in [0.4, 0.5) is 13.2 Å². The number of alkyl halides is 3. The number of benzene rings is 1. The van der Waals surface area contributed by atoms with Crippen molar-refractivity contribution in [1.29, 1.82) is 5.26 Å².